The fourth-order valence-electron chi connectivity index (χ4n) is 2.07. The molecule has 2 heteroatoms. The quantitative estimate of drug-likeness (QED) is 0.666. The Bertz CT molecular complexity index is 177. The Morgan fingerprint density at radius 2 is 2.23 bits per heavy atom. The third-order valence-electron chi connectivity index (χ3n) is 2.70. The highest BCUT2D eigenvalue weighted by Crippen LogP contribution is 2.17. The first-order valence-electron chi connectivity index (χ1n) is 5.32. The number of carbonyl (C=O) groups is 1. The van der Waals surface area contributed by atoms with Crippen molar-refractivity contribution < 1.29 is 4.79 Å². The van der Waals surface area contributed by atoms with Crippen molar-refractivity contribution in [1.82, 2.24) is 4.90 Å². The van der Waals surface area contributed by atoms with Crippen LogP contribution in [0.3, 0.4) is 0 Å². The molecule has 0 aromatic heterocycles. The van der Waals surface area contributed by atoms with E-state index in [1.807, 2.05) is 0 Å². The Hall–Kier alpha value is -0.370. The lowest BCUT2D eigenvalue weighted by Gasteiger charge is -2.32. The Kier molecular flexibility index (Phi) is 3.91. The minimum Gasteiger partial charge on any atom is -0.302 e. The molecule has 0 spiro atoms. The molecule has 1 saturated heterocycles. The SMILES string of the molecule is CC(=O)C1CCCN(CC(C)C)C1. The van der Waals surface area contributed by atoms with Crippen LogP contribution in [0.25, 0.3) is 0 Å². The van der Waals surface area contributed by atoms with Gasteiger partial charge in [-0.05, 0) is 32.2 Å². The number of hydrogen-bond acceptors (Lipinski definition) is 2. The fourth-order valence-corrected chi connectivity index (χ4v) is 2.07. The van der Waals surface area contributed by atoms with Gasteiger partial charge in [0, 0.05) is 19.0 Å². The lowest BCUT2D eigenvalue weighted by Crippen LogP contribution is -2.39. The number of rotatable bonds is 3. The van der Waals surface area contributed by atoms with Crippen LogP contribution in [-0.2, 0) is 4.79 Å². The molecule has 1 heterocycles. The molecular formula is C11H21NO. The fraction of sp³-hybridized carbons (Fsp3) is 0.909. The van der Waals surface area contributed by atoms with Crippen molar-refractivity contribution >= 4 is 5.78 Å². The zero-order chi connectivity index (χ0) is 9.84. The van der Waals surface area contributed by atoms with Gasteiger partial charge in [0.25, 0.3) is 0 Å². The Balaban J connectivity index is 2.37. The van der Waals surface area contributed by atoms with Gasteiger partial charge in [0.1, 0.15) is 5.78 Å². The van der Waals surface area contributed by atoms with Crippen molar-refractivity contribution in [2.45, 2.75) is 33.6 Å². The molecule has 1 fully saturated rings. The van der Waals surface area contributed by atoms with Crippen LogP contribution in [0.2, 0.25) is 0 Å². The second-order valence-electron chi connectivity index (χ2n) is 4.60. The molecule has 1 atom stereocenters. The molecule has 0 aromatic carbocycles. The molecule has 1 aliphatic rings. The number of piperidine rings is 1. The Labute approximate surface area is 81.3 Å². The molecule has 0 amide bonds. The van der Waals surface area contributed by atoms with Crippen LogP contribution in [0, 0.1) is 11.8 Å². The average Bonchev–Trinajstić information content (AvgIpc) is 2.03. The zero-order valence-corrected chi connectivity index (χ0v) is 9.05. The van der Waals surface area contributed by atoms with Crippen molar-refractivity contribution in [3.8, 4) is 0 Å². The first-order chi connectivity index (χ1) is 6.09. The van der Waals surface area contributed by atoms with E-state index in [1.54, 1.807) is 6.92 Å². The van der Waals surface area contributed by atoms with Crippen LogP contribution < -0.4 is 0 Å². The van der Waals surface area contributed by atoms with Gasteiger partial charge in [-0.3, -0.25) is 4.79 Å². The summed E-state index contributed by atoms with van der Waals surface area (Å²) < 4.78 is 0. The summed E-state index contributed by atoms with van der Waals surface area (Å²) in [7, 11) is 0. The summed E-state index contributed by atoms with van der Waals surface area (Å²) in [5.41, 5.74) is 0. The van der Waals surface area contributed by atoms with Crippen LogP contribution in [0.5, 0.6) is 0 Å². The molecule has 76 valence electrons. The van der Waals surface area contributed by atoms with Crippen molar-refractivity contribution in [3.63, 3.8) is 0 Å². The number of nitrogens with zero attached hydrogens (tertiary/aromatic N) is 1. The summed E-state index contributed by atoms with van der Waals surface area (Å²) in [6.45, 7) is 9.51. The standard InChI is InChI=1S/C11H21NO/c1-9(2)7-12-6-4-5-11(8-12)10(3)13/h9,11H,4-8H2,1-3H3. The van der Waals surface area contributed by atoms with E-state index in [0.717, 1.165) is 19.5 Å². The number of Topliss-reactive ketones (excluding diaryl/α,β-unsaturated/α-hetero) is 1. The number of hydrogen-bond donors (Lipinski definition) is 0. The van der Waals surface area contributed by atoms with Crippen molar-refractivity contribution in [2.24, 2.45) is 11.8 Å². The monoisotopic (exact) mass is 183 g/mol. The molecule has 1 aliphatic heterocycles. The van der Waals surface area contributed by atoms with Crippen molar-refractivity contribution in [3.05, 3.63) is 0 Å². The highest BCUT2D eigenvalue weighted by atomic mass is 16.1. The summed E-state index contributed by atoms with van der Waals surface area (Å²) in [5.74, 6) is 1.40. The van der Waals surface area contributed by atoms with E-state index in [9.17, 15) is 4.79 Å². The van der Waals surface area contributed by atoms with Crippen LogP contribution in [0.15, 0.2) is 0 Å². The molecule has 1 rings (SSSR count). The molecule has 2 nitrogen and oxygen atoms in total. The van der Waals surface area contributed by atoms with Gasteiger partial charge < -0.3 is 4.90 Å². The maximum absolute atomic E-state index is 11.2. The van der Waals surface area contributed by atoms with Gasteiger partial charge in [-0.2, -0.15) is 0 Å². The Morgan fingerprint density at radius 1 is 1.54 bits per heavy atom. The number of carbonyl (C=O) groups excluding carboxylic acids is 1. The van der Waals surface area contributed by atoms with Gasteiger partial charge in [0.2, 0.25) is 0 Å². The summed E-state index contributed by atoms with van der Waals surface area (Å²) in [6, 6.07) is 0. The topological polar surface area (TPSA) is 20.3 Å². The molecule has 0 saturated carbocycles. The molecule has 0 N–H and O–H groups in total. The third kappa shape index (κ3) is 3.47. The lowest BCUT2D eigenvalue weighted by molar-refractivity contribution is -0.122. The molecular weight excluding hydrogens is 162 g/mol. The molecule has 1 unspecified atom stereocenters. The summed E-state index contributed by atoms with van der Waals surface area (Å²) in [5, 5.41) is 0. The molecule has 0 aromatic rings. The molecule has 0 radical (unpaired) electrons. The summed E-state index contributed by atoms with van der Waals surface area (Å²) in [4.78, 5) is 13.6. The van der Waals surface area contributed by atoms with Gasteiger partial charge in [0.05, 0.1) is 0 Å². The van der Waals surface area contributed by atoms with E-state index in [2.05, 4.69) is 18.7 Å². The van der Waals surface area contributed by atoms with E-state index in [0.29, 0.717) is 17.6 Å². The first kappa shape index (κ1) is 10.7. The second kappa shape index (κ2) is 4.75. The van der Waals surface area contributed by atoms with Gasteiger partial charge in [-0.1, -0.05) is 13.8 Å². The third-order valence-corrected chi connectivity index (χ3v) is 2.70. The highest BCUT2D eigenvalue weighted by Gasteiger charge is 2.22. The normalized spacial score (nSPS) is 25.1. The van der Waals surface area contributed by atoms with Gasteiger partial charge in [0.15, 0.2) is 0 Å². The van der Waals surface area contributed by atoms with Crippen LogP contribution in [-0.4, -0.2) is 30.3 Å². The van der Waals surface area contributed by atoms with Crippen molar-refractivity contribution in [2.75, 3.05) is 19.6 Å². The Morgan fingerprint density at radius 3 is 2.77 bits per heavy atom. The average molecular weight is 183 g/mol. The van der Waals surface area contributed by atoms with Crippen LogP contribution in [0.4, 0.5) is 0 Å². The predicted molar refractivity (Wildman–Crippen MR) is 54.7 cm³/mol. The molecule has 0 bridgehead atoms. The second-order valence-corrected chi connectivity index (χ2v) is 4.60. The van der Waals surface area contributed by atoms with Crippen molar-refractivity contribution in [1.29, 1.82) is 0 Å². The summed E-state index contributed by atoms with van der Waals surface area (Å²) in [6.07, 6.45) is 2.29. The lowest BCUT2D eigenvalue weighted by atomic mass is 9.94. The van der Waals surface area contributed by atoms with Gasteiger partial charge in [-0.15, -0.1) is 0 Å². The summed E-state index contributed by atoms with van der Waals surface area (Å²) >= 11 is 0. The van der Waals surface area contributed by atoms with Gasteiger partial charge >= 0.3 is 0 Å². The minimum absolute atomic E-state index is 0.312. The number of ketones is 1. The van der Waals surface area contributed by atoms with E-state index in [4.69, 9.17) is 0 Å². The highest BCUT2D eigenvalue weighted by molar-refractivity contribution is 5.78. The van der Waals surface area contributed by atoms with E-state index < -0.39 is 0 Å². The van der Waals surface area contributed by atoms with E-state index in [-0.39, 0.29) is 0 Å². The smallest absolute Gasteiger partial charge is 0.134 e. The molecule has 13 heavy (non-hydrogen) atoms. The predicted octanol–water partition coefficient (Wildman–Crippen LogP) is 1.94. The van der Waals surface area contributed by atoms with Crippen LogP contribution >= 0.6 is 0 Å². The van der Waals surface area contributed by atoms with Crippen LogP contribution in [0.1, 0.15) is 33.6 Å². The van der Waals surface area contributed by atoms with E-state index >= 15 is 0 Å². The maximum Gasteiger partial charge on any atom is 0.134 e. The molecule has 0 aliphatic carbocycles. The number of likely N-dealkylation sites (tertiary alicyclic amines) is 1. The minimum atomic E-state index is 0.312. The van der Waals surface area contributed by atoms with Gasteiger partial charge in [-0.25, -0.2) is 0 Å². The largest absolute Gasteiger partial charge is 0.302 e. The van der Waals surface area contributed by atoms with E-state index in [1.165, 1.54) is 13.0 Å². The maximum atomic E-state index is 11.2. The zero-order valence-electron chi connectivity index (χ0n) is 9.05. The first-order valence-corrected chi connectivity index (χ1v) is 5.32.